The Labute approximate surface area is 148 Å². The highest BCUT2D eigenvalue weighted by Crippen LogP contribution is 2.47. The molecule has 0 spiro atoms. The first kappa shape index (κ1) is 15.4. The highest BCUT2D eigenvalue weighted by atomic mass is 35.5. The molecule has 1 heterocycles. The van der Waals surface area contributed by atoms with Crippen LogP contribution in [0.4, 0.5) is 0 Å². The maximum atomic E-state index is 12.3. The lowest BCUT2D eigenvalue weighted by Crippen LogP contribution is -2.19. The van der Waals surface area contributed by atoms with Crippen molar-refractivity contribution in [2.75, 3.05) is 0 Å². The van der Waals surface area contributed by atoms with Crippen LogP contribution in [0.2, 0.25) is 10.0 Å². The van der Waals surface area contributed by atoms with Gasteiger partial charge in [-0.15, -0.1) is 11.3 Å². The van der Waals surface area contributed by atoms with E-state index in [1.165, 1.54) is 37.0 Å². The first-order valence-corrected chi connectivity index (χ1v) is 9.40. The van der Waals surface area contributed by atoms with E-state index in [2.05, 4.69) is 10.5 Å². The van der Waals surface area contributed by atoms with Crippen LogP contribution in [0.1, 0.15) is 35.4 Å². The molecule has 2 bridgehead atoms. The van der Waals surface area contributed by atoms with Crippen molar-refractivity contribution in [3.8, 4) is 0 Å². The Morgan fingerprint density at radius 3 is 2.91 bits per heavy atom. The summed E-state index contributed by atoms with van der Waals surface area (Å²) in [5.74, 6) is 1.89. The molecule has 3 atom stereocenters. The van der Waals surface area contributed by atoms with Crippen LogP contribution in [0.5, 0.6) is 0 Å². The summed E-state index contributed by atoms with van der Waals surface area (Å²) >= 11 is 13.6. The summed E-state index contributed by atoms with van der Waals surface area (Å²) in [4.78, 5) is 12.8. The minimum atomic E-state index is -0.258. The van der Waals surface area contributed by atoms with Gasteiger partial charge in [0.05, 0.1) is 5.02 Å². The molecule has 1 aromatic carbocycles. The average molecular weight is 367 g/mol. The highest BCUT2D eigenvalue weighted by molar-refractivity contribution is 7.21. The van der Waals surface area contributed by atoms with Crippen LogP contribution in [0.15, 0.2) is 23.3 Å². The molecule has 1 N–H and O–H groups in total. The van der Waals surface area contributed by atoms with Crippen LogP contribution >= 0.6 is 34.5 Å². The van der Waals surface area contributed by atoms with Gasteiger partial charge in [-0.3, -0.25) is 4.79 Å². The van der Waals surface area contributed by atoms with Gasteiger partial charge < -0.3 is 0 Å². The fourth-order valence-corrected chi connectivity index (χ4v) is 5.59. The first-order valence-electron chi connectivity index (χ1n) is 7.83. The van der Waals surface area contributed by atoms with E-state index < -0.39 is 0 Å². The molecular weight excluding hydrogens is 351 g/mol. The minimum Gasteiger partial charge on any atom is -0.266 e. The third-order valence-electron chi connectivity index (χ3n) is 5.02. The van der Waals surface area contributed by atoms with Gasteiger partial charge in [0.1, 0.15) is 4.88 Å². The number of amides is 1. The maximum Gasteiger partial charge on any atom is 0.282 e. The van der Waals surface area contributed by atoms with Gasteiger partial charge in [0.2, 0.25) is 0 Å². The Morgan fingerprint density at radius 2 is 2.17 bits per heavy atom. The Balaban J connectivity index is 1.48. The van der Waals surface area contributed by atoms with Crippen molar-refractivity contribution in [3.63, 3.8) is 0 Å². The molecule has 6 heteroatoms. The third kappa shape index (κ3) is 2.88. The van der Waals surface area contributed by atoms with E-state index in [1.54, 1.807) is 6.07 Å². The van der Waals surface area contributed by atoms with Gasteiger partial charge >= 0.3 is 0 Å². The summed E-state index contributed by atoms with van der Waals surface area (Å²) in [6, 6.07) is 5.44. The van der Waals surface area contributed by atoms with E-state index in [0.29, 0.717) is 20.8 Å². The molecule has 2 aromatic rings. The number of hydrazone groups is 1. The van der Waals surface area contributed by atoms with Crippen LogP contribution in [0.3, 0.4) is 0 Å². The fraction of sp³-hybridized carbons (Fsp3) is 0.412. The van der Waals surface area contributed by atoms with Crippen LogP contribution in [-0.4, -0.2) is 12.1 Å². The number of halogens is 2. The van der Waals surface area contributed by atoms with E-state index in [-0.39, 0.29) is 5.91 Å². The number of carbonyl (C=O) groups excluding carboxylic acids is 1. The van der Waals surface area contributed by atoms with Crippen molar-refractivity contribution < 1.29 is 4.79 Å². The zero-order chi connectivity index (χ0) is 16.0. The van der Waals surface area contributed by atoms with Crippen molar-refractivity contribution >= 4 is 56.7 Å². The lowest BCUT2D eigenvalue weighted by atomic mass is 9.90. The molecule has 2 aliphatic carbocycles. The Hall–Kier alpha value is -1.10. The summed E-state index contributed by atoms with van der Waals surface area (Å²) < 4.78 is 0.907. The second-order valence-electron chi connectivity index (χ2n) is 6.44. The predicted molar refractivity (Wildman–Crippen MR) is 96.7 cm³/mol. The van der Waals surface area contributed by atoms with Gasteiger partial charge in [-0.1, -0.05) is 35.7 Å². The van der Waals surface area contributed by atoms with E-state index in [9.17, 15) is 4.79 Å². The molecule has 1 amide bonds. The van der Waals surface area contributed by atoms with Crippen LogP contribution < -0.4 is 5.43 Å². The standard InChI is InChI=1S/C17H16Cl2N2OS/c18-12-3-4-13-14(7-12)23-16(15(13)19)17(22)21-20-8-11-6-9-1-2-10(11)5-9/h3-4,7-11H,1-2,5-6H2,(H,21,22)/b20-8-/t9-,10-,11+/m0/s1. The average Bonchev–Trinajstić information content (AvgIpc) is 3.22. The maximum absolute atomic E-state index is 12.3. The van der Waals surface area contributed by atoms with Gasteiger partial charge in [0.15, 0.2) is 0 Å². The molecule has 3 nitrogen and oxygen atoms in total. The molecule has 2 aliphatic rings. The number of benzene rings is 1. The first-order chi connectivity index (χ1) is 11.1. The Kier molecular flexibility index (Phi) is 4.08. The van der Waals surface area contributed by atoms with Crippen LogP contribution in [0.25, 0.3) is 10.1 Å². The number of nitrogens with zero attached hydrogens (tertiary/aromatic N) is 1. The fourth-order valence-electron chi connectivity index (χ4n) is 3.90. The Bertz CT molecular complexity index is 801. The summed E-state index contributed by atoms with van der Waals surface area (Å²) in [5.41, 5.74) is 2.63. The minimum absolute atomic E-state index is 0.258. The van der Waals surface area contributed by atoms with Gasteiger partial charge in [-0.05, 0) is 49.1 Å². The van der Waals surface area contributed by atoms with E-state index in [1.807, 2.05) is 18.3 Å². The Morgan fingerprint density at radius 1 is 1.30 bits per heavy atom. The number of nitrogens with one attached hydrogen (secondary N) is 1. The normalized spacial score (nSPS) is 26.4. The molecular formula is C17H16Cl2N2OS. The third-order valence-corrected chi connectivity index (χ3v) is 6.91. The molecule has 0 unspecified atom stereocenters. The van der Waals surface area contributed by atoms with E-state index in [0.717, 1.165) is 21.9 Å². The van der Waals surface area contributed by atoms with E-state index in [4.69, 9.17) is 23.2 Å². The van der Waals surface area contributed by atoms with Crippen molar-refractivity contribution in [2.24, 2.45) is 22.9 Å². The molecule has 2 saturated carbocycles. The summed E-state index contributed by atoms with van der Waals surface area (Å²) in [6.45, 7) is 0. The second-order valence-corrected chi connectivity index (χ2v) is 8.31. The van der Waals surface area contributed by atoms with Gasteiger partial charge in [-0.25, -0.2) is 5.43 Å². The van der Waals surface area contributed by atoms with Crippen molar-refractivity contribution in [3.05, 3.63) is 33.1 Å². The predicted octanol–water partition coefficient (Wildman–Crippen LogP) is 5.36. The van der Waals surface area contributed by atoms with Gasteiger partial charge in [0, 0.05) is 21.3 Å². The number of thiophene rings is 1. The lowest BCUT2D eigenvalue weighted by Gasteiger charge is -2.16. The number of hydrogen-bond acceptors (Lipinski definition) is 3. The molecule has 23 heavy (non-hydrogen) atoms. The number of rotatable bonds is 3. The number of fused-ring (bicyclic) bond motifs is 3. The monoisotopic (exact) mass is 366 g/mol. The van der Waals surface area contributed by atoms with E-state index >= 15 is 0 Å². The summed E-state index contributed by atoms with van der Waals surface area (Å²) in [6.07, 6.45) is 7.12. The second kappa shape index (κ2) is 6.08. The molecule has 4 rings (SSSR count). The summed E-state index contributed by atoms with van der Waals surface area (Å²) in [5, 5.41) is 6.13. The van der Waals surface area contributed by atoms with Crippen molar-refractivity contribution in [2.45, 2.75) is 25.7 Å². The molecule has 2 fully saturated rings. The van der Waals surface area contributed by atoms with Gasteiger partial charge in [0.25, 0.3) is 5.91 Å². The van der Waals surface area contributed by atoms with Gasteiger partial charge in [-0.2, -0.15) is 5.10 Å². The quantitative estimate of drug-likeness (QED) is 0.576. The number of hydrogen-bond donors (Lipinski definition) is 1. The number of carbonyl (C=O) groups is 1. The van der Waals surface area contributed by atoms with Crippen LogP contribution in [-0.2, 0) is 0 Å². The SMILES string of the molecule is O=C(N/N=C\[C@H]1C[C@H]2CC[C@H]1C2)c1sc2cc(Cl)ccc2c1Cl. The van der Waals surface area contributed by atoms with Crippen LogP contribution in [0, 0.1) is 17.8 Å². The smallest absolute Gasteiger partial charge is 0.266 e. The zero-order valence-electron chi connectivity index (χ0n) is 12.4. The van der Waals surface area contributed by atoms with Crippen molar-refractivity contribution in [1.29, 1.82) is 0 Å². The largest absolute Gasteiger partial charge is 0.282 e. The molecule has 0 saturated heterocycles. The topological polar surface area (TPSA) is 41.5 Å². The molecule has 120 valence electrons. The zero-order valence-corrected chi connectivity index (χ0v) is 14.7. The highest BCUT2D eigenvalue weighted by Gasteiger charge is 2.38. The summed E-state index contributed by atoms with van der Waals surface area (Å²) in [7, 11) is 0. The molecule has 0 radical (unpaired) electrons. The molecule has 1 aromatic heterocycles. The molecule has 0 aliphatic heterocycles. The lowest BCUT2D eigenvalue weighted by molar-refractivity contribution is 0.0959. The van der Waals surface area contributed by atoms with Crippen molar-refractivity contribution in [1.82, 2.24) is 5.43 Å².